The molecule has 3 rings (SSSR count). The SMILES string of the molecule is Cc1nn(CC(=O)NC[C@@H](O)c2ccccn2)c(=O)c2ccccc12. The van der Waals surface area contributed by atoms with Gasteiger partial charge in [0.1, 0.15) is 12.6 Å². The first kappa shape index (κ1) is 16.8. The fourth-order valence-corrected chi connectivity index (χ4v) is 2.59. The summed E-state index contributed by atoms with van der Waals surface area (Å²) in [5.41, 5.74) is 0.831. The third-order valence-electron chi connectivity index (χ3n) is 3.87. The second kappa shape index (κ2) is 7.23. The number of aromatic nitrogens is 3. The number of aliphatic hydroxyl groups is 1. The maximum Gasteiger partial charge on any atom is 0.275 e. The molecule has 0 aliphatic carbocycles. The molecule has 0 saturated heterocycles. The third-order valence-corrected chi connectivity index (χ3v) is 3.87. The van der Waals surface area contributed by atoms with Gasteiger partial charge in [0, 0.05) is 18.1 Å². The van der Waals surface area contributed by atoms with Crippen LogP contribution in [0, 0.1) is 6.92 Å². The van der Waals surface area contributed by atoms with Gasteiger partial charge in [0.25, 0.3) is 5.56 Å². The number of benzene rings is 1. The minimum atomic E-state index is -0.909. The van der Waals surface area contributed by atoms with Gasteiger partial charge in [-0.1, -0.05) is 24.3 Å². The molecule has 0 radical (unpaired) electrons. The predicted molar refractivity (Wildman–Crippen MR) is 92.9 cm³/mol. The molecule has 2 heterocycles. The summed E-state index contributed by atoms with van der Waals surface area (Å²) in [6.45, 7) is 1.59. The summed E-state index contributed by atoms with van der Waals surface area (Å²) < 4.78 is 1.14. The lowest BCUT2D eigenvalue weighted by atomic mass is 10.1. The minimum absolute atomic E-state index is 0.0111. The molecule has 2 aromatic heterocycles. The van der Waals surface area contributed by atoms with Crippen LogP contribution < -0.4 is 10.9 Å². The lowest BCUT2D eigenvalue weighted by Crippen LogP contribution is -2.36. The van der Waals surface area contributed by atoms with Crippen molar-refractivity contribution >= 4 is 16.7 Å². The number of hydrogen-bond donors (Lipinski definition) is 2. The average Bonchev–Trinajstić information content (AvgIpc) is 2.64. The van der Waals surface area contributed by atoms with Crippen LogP contribution in [-0.4, -0.2) is 32.3 Å². The Kier molecular flexibility index (Phi) is 4.85. The first-order valence-electron chi connectivity index (χ1n) is 7.88. The second-order valence-electron chi connectivity index (χ2n) is 5.67. The van der Waals surface area contributed by atoms with E-state index in [1.165, 1.54) is 0 Å². The number of aryl methyl sites for hydroxylation is 1. The van der Waals surface area contributed by atoms with Gasteiger partial charge < -0.3 is 10.4 Å². The molecule has 7 heteroatoms. The van der Waals surface area contributed by atoms with Crippen molar-refractivity contribution in [3.8, 4) is 0 Å². The molecule has 1 amide bonds. The van der Waals surface area contributed by atoms with Crippen molar-refractivity contribution in [2.75, 3.05) is 6.54 Å². The van der Waals surface area contributed by atoms with E-state index in [0.717, 1.165) is 10.1 Å². The van der Waals surface area contributed by atoms with Crippen molar-refractivity contribution in [3.63, 3.8) is 0 Å². The van der Waals surface area contributed by atoms with Crippen LogP contribution in [0.2, 0.25) is 0 Å². The molecule has 128 valence electrons. The standard InChI is InChI=1S/C18H18N4O3/c1-12-13-6-2-3-7-14(13)18(25)22(21-12)11-17(24)20-10-16(23)15-8-4-5-9-19-15/h2-9,16,23H,10-11H2,1H3,(H,20,24)/t16-/m1/s1. The van der Waals surface area contributed by atoms with E-state index in [9.17, 15) is 14.7 Å². The van der Waals surface area contributed by atoms with E-state index in [0.29, 0.717) is 16.8 Å². The summed E-state index contributed by atoms with van der Waals surface area (Å²) in [7, 11) is 0. The summed E-state index contributed by atoms with van der Waals surface area (Å²) in [5.74, 6) is -0.403. The van der Waals surface area contributed by atoms with Crippen molar-refractivity contribution in [2.45, 2.75) is 19.6 Å². The highest BCUT2D eigenvalue weighted by Crippen LogP contribution is 2.11. The number of nitrogens with one attached hydrogen (secondary N) is 1. The molecule has 0 saturated carbocycles. The van der Waals surface area contributed by atoms with Crippen LogP contribution >= 0.6 is 0 Å². The predicted octanol–water partition coefficient (Wildman–Crippen LogP) is 0.950. The Hall–Kier alpha value is -3.06. The Morgan fingerprint density at radius 2 is 1.92 bits per heavy atom. The summed E-state index contributed by atoms with van der Waals surface area (Å²) in [4.78, 5) is 28.6. The Balaban J connectivity index is 1.70. The molecule has 0 fully saturated rings. The molecule has 0 unspecified atom stereocenters. The van der Waals surface area contributed by atoms with E-state index < -0.39 is 12.0 Å². The topological polar surface area (TPSA) is 97.1 Å². The zero-order chi connectivity index (χ0) is 17.8. The highest BCUT2D eigenvalue weighted by molar-refractivity contribution is 5.83. The van der Waals surface area contributed by atoms with Crippen LogP contribution in [0.3, 0.4) is 0 Å². The van der Waals surface area contributed by atoms with E-state index in [1.807, 2.05) is 12.1 Å². The molecule has 25 heavy (non-hydrogen) atoms. The zero-order valence-electron chi connectivity index (χ0n) is 13.7. The first-order valence-corrected chi connectivity index (χ1v) is 7.88. The minimum Gasteiger partial charge on any atom is -0.385 e. The zero-order valence-corrected chi connectivity index (χ0v) is 13.7. The fourth-order valence-electron chi connectivity index (χ4n) is 2.59. The molecule has 2 N–H and O–H groups in total. The van der Waals surface area contributed by atoms with Crippen LogP contribution in [-0.2, 0) is 11.3 Å². The maximum atomic E-state index is 12.4. The summed E-state index contributed by atoms with van der Waals surface area (Å²) in [5, 5.41) is 18.1. The van der Waals surface area contributed by atoms with Crippen LogP contribution in [0.1, 0.15) is 17.5 Å². The van der Waals surface area contributed by atoms with Crippen LogP contribution in [0.5, 0.6) is 0 Å². The lowest BCUT2D eigenvalue weighted by Gasteiger charge is -2.12. The molecule has 1 aromatic carbocycles. The Morgan fingerprint density at radius 3 is 2.64 bits per heavy atom. The quantitative estimate of drug-likeness (QED) is 0.722. The maximum absolute atomic E-state index is 12.4. The number of nitrogens with zero attached hydrogens (tertiary/aromatic N) is 3. The summed E-state index contributed by atoms with van der Waals surface area (Å²) in [6.07, 6.45) is 0.662. The summed E-state index contributed by atoms with van der Waals surface area (Å²) >= 11 is 0. The van der Waals surface area contributed by atoms with Crippen molar-refractivity contribution in [3.05, 3.63) is 70.4 Å². The van der Waals surface area contributed by atoms with E-state index in [1.54, 1.807) is 43.5 Å². The Labute approximate surface area is 143 Å². The van der Waals surface area contributed by atoms with Crippen LogP contribution in [0.15, 0.2) is 53.5 Å². The van der Waals surface area contributed by atoms with E-state index >= 15 is 0 Å². The van der Waals surface area contributed by atoms with Crippen LogP contribution in [0.4, 0.5) is 0 Å². The fraction of sp³-hybridized carbons (Fsp3) is 0.222. The number of carbonyl (C=O) groups excluding carboxylic acids is 1. The van der Waals surface area contributed by atoms with Gasteiger partial charge in [0.05, 0.1) is 16.8 Å². The molecule has 7 nitrogen and oxygen atoms in total. The van der Waals surface area contributed by atoms with Gasteiger partial charge in [-0.15, -0.1) is 0 Å². The first-order chi connectivity index (χ1) is 12.1. The van der Waals surface area contributed by atoms with Gasteiger partial charge in [0.2, 0.25) is 5.91 Å². The molecular weight excluding hydrogens is 320 g/mol. The molecule has 0 aliphatic heterocycles. The number of amides is 1. The van der Waals surface area contributed by atoms with E-state index in [-0.39, 0.29) is 18.6 Å². The van der Waals surface area contributed by atoms with Gasteiger partial charge >= 0.3 is 0 Å². The molecular formula is C18H18N4O3. The monoisotopic (exact) mass is 338 g/mol. The van der Waals surface area contributed by atoms with Crippen molar-refractivity contribution in [1.82, 2.24) is 20.1 Å². The summed E-state index contributed by atoms with van der Waals surface area (Å²) in [6, 6.07) is 12.3. The molecule has 0 aliphatic rings. The van der Waals surface area contributed by atoms with Gasteiger partial charge in [-0.25, -0.2) is 4.68 Å². The average molecular weight is 338 g/mol. The van der Waals surface area contributed by atoms with Gasteiger partial charge in [-0.3, -0.25) is 14.6 Å². The number of carbonyl (C=O) groups is 1. The molecule has 3 aromatic rings. The smallest absolute Gasteiger partial charge is 0.275 e. The van der Waals surface area contributed by atoms with Crippen molar-refractivity contribution in [2.24, 2.45) is 0 Å². The number of fused-ring (bicyclic) bond motifs is 1. The molecule has 1 atom stereocenters. The van der Waals surface area contributed by atoms with Gasteiger partial charge in [-0.05, 0) is 25.1 Å². The Bertz CT molecular complexity index is 953. The highest BCUT2D eigenvalue weighted by atomic mass is 16.3. The highest BCUT2D eigenvalue weighted by Gasteiger charge is 2.13. The number of pyridine rings is 1. The molecule has 0 spiro atoms. The van der Waals surface area contributed by atoms with Crippen molar-refractivity contribution < 1.29 is 9.90 Å². The normalized spacial score (nSPS) is 12.1. The van der Waals surface area contributed by atoms with Crippen LogP contribution in [0.25, 0.3) is 10.8 Å². The van der Waals surface area contributed by atoms with E-state index in [2.05, 4.69) is 15.4 Å². The van der Waals surface area contributed by atoms with E-state index in [4.69, 9.17) is 0 Å². The Morgan fingerprint density at radius 1 is 1.20 bits per heavy atom. The van der Waals surface area contributed by atoms with Gasteiger partial charge in [0.15, 0.2) is 0 Å². The van der Waals surface area contributed by atoms with Gasteiger partial charge in [-0.2, -0.15) is 5.10 Å². The largest absolute Gasteiger partial charge is 0.385 e. The number of aliphatic hydroxyl groups excluding tert-OH is 1. The second-order valence-corrected chi connectivity index (χ2v) is 5.67. The lowest BCUT2D eigenvalue weighted by molar-refractivity contribution is -0.122. The number of hydrogen-bond acceptors (Lipinski definition) is 5. The third kappa shape index (κ3) is 3.72. The number of rotatable bonds is 5. The van der Waals surface area contributed by atoms with Crippen molar-refractivity contribution in [1.29, 1.82) is 0 Å². The molecule has 0 bridgehead atoms.